The van der Waals surface area contributed by atoms with Gasteiger partial charge in [-0.2, -0.15) is 4.37 Å². The number of amides is 2. The summed E-state index contributed by atoms with van der Waals surface area (Å²) in [6.07, 6.45) is 5.01. The molecule has 0 bridgehead atoms. The molecular formula is C11H17N3O2S. The first kappa shape index (κ1) is 12.3. The van der Waals surface area contributed by atoms with Crippen LogP contribution < -0.4 is 5.32 Å². The zero-order valence-electron chi connectivity index (χ0n) is 10.1. The van der Waals surface area contributed by atoms with Crippen molar-refractivity contribution >= 4 is 22.6 Å². The van der Waals surface area contributed by atoms with Crippen molar-refractivity contribution in [2.75, 3.05) is 19.5 Å². The van der Waals surface area contributed by atoms with Gasteiger partial charge in [-0.1, -0.05) is 12.8 Å². The molecule has 1 aromatic rings. The number of anilines is 1. The second-order valence-electron chi connectivity index (χ2n) is 4.21. The monoisotopic (exact) mass is 255 g/mol. The zero-order chi connectivity index (χ0) is 12.3. The summed E-state index contributed by atoms with van der Waals surface area (Å²) in [6.45, 7) is 0. The van der Waals surface area contributed by atoms with Crippen molar-refractivity contribution in [3.63, 3.8) is 0 Å². The van der Waals surface area contributed by atoms with Gasteiger partial charge in [-0.3, -0.25) is 10.2 Å². The highest BCUT2D eigenvalue weighted by atomic mass is 32.1. The quantitative estimate of drug-likeness (QED) is 0.845. The van der Waals surface area contributed by atoms with E-state index in [9.17, 15) is 4.79 Å². The van der Waals surface area contributed by atoms with Crippen molar-refractivity contribution in [2.24, 2.45) is 0 Å². The normalized spacial score (nSPS) is 16.1. The fraction of sp³-hybridized carbons (Fsp3) is 0.636. The first-order valence-corrected chi connectivity index (χ1v) is 6.53. The Labute approximate surface area is 105 Å². The summed E-state index contributed by atoms with van der Waals surface area (Å²) in [5, 5.41) is 4.68. The van der Waals surface area contributed by atoms with E-state index in [1.54, 1.807) is 7.05 Å². The van der Waals surface area contributed by atoms with Crippen LogP contribution >= 0.6 is 11.5 Å². The van der Waals surface area contributed by atoms with E-state index in [0.29, 0.717) is 5.92 Å². The SMILES string of the molecule is CON(C)C(=O)Nc1cc(C2CCCC2)ns1. The van der Waals surface area contributed by atoms with Gasteiger partial charge < -0.3 is 0 Å². The van der Waals surface area contributed by atoms with E-state index in [4.69, 9.17) is 4.84 Å². The molecule has 0 spiro atoms. The Morgan fingerprint density at radius 1 is 1.59 bits per heavy atom. The molecule has 0 unspecified atom stereocenters. The van der Waals surface area contributed by atoms with Crippen LogP contribution in [0.4, 0.5) is 9.80 Å². The molecule has 1 N–H and O–H groups in total. The minimum atomic E-state index is -0.283. The first-order chi connectivity index (χ1) is 8.20. The molecule has 0 aliphatic heterocycles. The molecule has 5 nitrogen and oxygen atoms in total. The molecule has 1 aliphatic rings. The van der Waals surface area contributed by atoms with Crippen LogP contribution in [0.15, 0.2) is 6.07 Å². The number of carbonyl (C=O) groups is 1. The highest BCUT2D eigenvalue weighted by Gasteiger charge is 2.20. The van der Waals surface area contributed by atoms with Crippen LogP contribution in [-0.2, 0) is 4.84 Å². The van der Waals surface area contributed by atoms with E-state index in [1.807, 2.05) is 6.07 Å². The maximum Gasteiger partial charge on any atom is 0.346 e. The molecule has 0 saturated heterocycles. The van der Waals surface area contributed by atoms with Gasteiger partial charge >= 0.3 is 6.03 Å². The average Bonchev–Trinajstić information content (AvgIpc) is 2.97. The van der Waals surface area contributed by atoms with E-state index >= 15 is 0 Å². The number of nitrogens with zero attached hydrogens (tertiary/aromatic N) is 2. The molecule has 1 aliphatic carbocycles. The van der Waals surface area contributed by atoms with Gasteiger partial charge in [-0.25, -0.2) is 9.86 Å². The predicted molar refractivity (Wildman–Crippen MR) is 67.1 cm³/mol. The third-order valence-electron chi connectivity index (χ3n) is 3.09. The van der Waals surface area contributed by atoms with E-state index in [1.165, 1.54) is 44.3 Å². The Hall–Kier alpha value is -1.14. The lowest BCUT2D eigenvalue weighted by Gasteiger charge is -2.13. The van der Waals surface area contributed by atoms with Crippen LogP contribution in [0.1, 0.15) is 37.3 Å². The van der Waals surface area contributed by atoms with Crippen molar-refractivity contribution in [3.8, 4) is 0 Å². The Bertz CT molecular complexity index is 388. The van der Waals surface area contributed by atoms with Crippen LogP contribution in [-0.4, -0.2) is 29.6 Å². The van der Waals surface area contributed by atoms with Gasteiger partial charge in [0.15, 0.2) is 0 Å². The molecule has 94 valence electrons. The van der Waals surface area contributed by atoms with Crippen molar-refractivity contribution in [1.82, 2.24) is 9.44 Å². The minimum absolute atomic E-state index is 0.283. The summed E-state index contributed by atoms with van der Waals surface area (Å²) in [5.41, 5.74) is 1.11. The number of nitrogens with one attached hydrogen (secondary N) is 1. The largest absolute Gasteiger partial charge is 0.346 e. The van der Waals surface area contributed by atoms with Gasteiger partial charge in [0.1, 0.15) is 5.00 Å². The molecule has 1 heterocycles. The highest BCUT2D eigenvalue weighted by Crippen LogP contribution is 2.35. The second-order valence-corrected chi connectivity index (χ2v) is 5.01. The van der Waals surface area contributed by atoms with Crippen molar-refractivity contribution in [2.45, 2.75) is 31.6 Å². The van der Waals surface area contributed by atoms with E-state index in [2.05, 4.69) is 9.69 Å². The maximum absolute atomic E-state index is 11.5. The van der Waals surface area contributed by atoms with Gasteiger partial charge in [-0.05, 0) is 30.4 Å². The third kappa shape index (κ3) is 2.95. The molecule has 6 heteroatoms. The van der Waals surface area contributed by atoms with Gasteiger partial charge in [0.2, 0.25) is 0 Å². The highest BCUT2D eigenvalue weighted by molar-refractivity contribution is 7.10. The maximum atomic E-state index is 11.5. The summed E-state index contributed by atoms with van der Waals surface area (Å²) >= 11 is 1.33. The number of hydrogen-bond donors (Lipinski definition) is 1. The molecule has 0 radical (unpaired) electrons. The van der Waals surface area contributed by atoms with E-state index in [0.717, 1.165) is 15.8 Å². The standard InChI is InChI=1S/C11H17N3O2S/c1-14(16-2)11(15)12-10-7-9(13-17-10)8-5-3-4-6-8/h7-8H,3-6H2,1-2H3,(H,12,15). The van der Waals surface area contributed by atoms with E-state index in [-0.39, 0.29) is 6.03 Å². The number of aromatic nitrogens is 1. The lowest BCUT2D eigenvalue weighted by atomic mass is 10.0. The Balaban J connectivity index is 1.96. The van der Waals surface area contributed by atoms with Gasteiger partial charge in [0.25, 0.3) is 0 Å². The van der Waals surface area contributed by atoms with Crippen molar-refractivity contribution in [1.29, 1.82) is 0 Å². The predicted octanol–water partition coefficient (Wildman–Crippen LogP) is 2.83. The van der Waals surface area contributed by atoms with Crippen LogP contribution in [0.3, 0.4) is 0 Å². The fourth-order valence-corrected chi connectivity index (χ4v) is 2.74. The van der Waals surface area contributed by atoms with Crippen molar-refractivity contribution < 1.29 is 9.63 Å². The smallest absolute Gasteiger partial charge is 0.296 e. The number of urea groups is 1. The number of rotatable bonds is 3. The minimum Gasteiger partial charge on any atom is -0.296 e. The molecule has 2 amide bonds. The summed E-state index contributed by atoms with van der Waals surface area (Å²) in [5.74, 6) is 0.581. The van der Waals surface area contributed by atoms with Crippen LogP contribution in [0.2, 0.25) is 0 Å². The van der Waals surface area contributed by atoms with Gasteiger partial charge in [0.05, 0.1) is 12.8 Å². The fourth-order valence-electron chi connectivity index (χ4n) is 2.03. The van der Waals surface area contributed by atoms with Crippen LogP contribution in [0, 0.1) is 0 Å². The average molecular weight is 255 g/mol. The zero-order valence-corrected chi connectivity index (χ0v) is 10.9. The molecule has 2 rings (SSSR count). The molecule has 1 fully saturated rings. The first-order valence-electron chi connectivity index (χ1n) is 5.76. The van der Waals surface area contributed by atoms with E-state index < -0.39 is 0 Å². The number of carbonyl (C=O) groups excluding carboxylic acids is 1. The molecule has 0 atom stereocenters. The lowest BCUT2D eigenvalue weighted by molar-refractivity contribution is -0.0597. The molecule has 17 heavy (non-hydrogen) atoms. The van der Waals surface area contributed by atoms with Gasteiger partial charge in [-0.15, -0.1) is 0 Å². The van der Waals surface area contributed by atoms with Crippen molar-refractivity contribution in [3.05, 3.63) is 11.8 Å². The number of hydroxylamine groups is 2. The van der Waals surface area contributed by atoms with Crippen LogP contribution in [0.5, 0.6) is 0 Å². The molecule has 0 aromatic carbocycles. The topological polar surface area (TPSA) is 54.5 Å². The molecule has 1 aromatic heterocycles. The second kappa shape index (κ2) is 5.46. The Morgan fingerprint density at radius 3 is 2.94 bits per heavy atom. The summed E-state index contributed by atoms with van der Waals surface area (Å²) in [7, 11) is 3.02. The molecule has 1 saturated carbocycles. The third-order valence-corrected chi connectivity index (χ3v) is 3.81. The Kier molecular flexibility index (Phi) is 3.96. The molecular weight excluding hydrogens is 238 g/mol. The lowest BCUT2D eigenvalue weighted by Crippen LogP contribution is -2.29. The van der Waals surface area contributed by atoms with Crippen LogP contribution in [0.25, 0.3) is 0 Å². The summed E-state index contributed by atoms with van der Waals surface area (Å²) in [6, 6.07) is 1.69. The number of hydrogen-bond acceptors (Lipinski definition) is 4. The van der Waals surface area contributed by atoms with Gasteiger partial charge in [0, 0.05) is 13.0 Å². The summed E-state index contributed by atoms with van der Waals surface area (Å²) in [4.78, 5) is 16.3. The Morgan fingerprint density at radius 2 is 2.29 bits per heavy atom. The summed E-state index contributed by atoms with van der Waals surface area (Å²) < 4.78 is 4.40.